The summed E-state index contributed by atoms with van der Waals surface area (Å²) in [5, 5.41) is 17.8. The minimum atomic E-state index is -0.390. The minimum Gasteiger partial charge on any atom is -0.423 e. The van der Waals surface area contributed by atoms with Crippen molar-refractivity contribution in [3.63, 3.8) is 0 Å². The third-order valence-corrected chi connectivity index (χ3v) is 3.77. The van der Waals surface area contributed by atoms with E-state index in [0.29, 0.717) is 17.8 Å². The fourth-order valence-corrected chi connectivity index (χ4v) is 2.49. The van der Waals surface area contributed by atoms with E-state index in [1.807, 2.05) is 12.1 Å². The molecule has 120 valence electrons. The SMILES string of the molecule is CC(C)(C)c1ccc2oc(=O)cc(Cn3cc(CO)nn3)c2c1. The molecule has 1 N–H and O–H groups in total. The van der Waals surface area contributed by atoms with Gasteiger partial charge in [0.1, 0.15) is 11.3 Å². The van der Waals surface area contributed by atoms with Gasteiger partial charge in [-0.05, 0) is 28.7 Å². The molecule has 0 unspecified atom stereocenters. The van der Waals surface area contributed by atoms with E-state index in [-0.39, 0.29) is 12.0 Å². The molecular formula is C17H19N3O3. The highest BCUT2D eigenvalue weighted by atomic mass is 16.4. The Labute approximate surface area is 133 Å². The summed E-state index contributed by atoms with van der Waals surface area (Å²) in [5.41, 5.74) is 2.64. The first-order valence-electron chi connectivity index (χ1n) is 7.44. The predicted molar refractivity (Wildman–Crippen MR) is 86.2 cm³/mol. The zero-order valence-electron chi connectivity index (χ0n) is 13.4. The molecule has 0 aliphatic carbocycles. The number of hydrogen-bond donors (Lipinski definition) is 1. The van der Waals surface area contributed by atoms with Crippen molar-refractivity contribution in [1.82, 2.24) is 15.0 Å². The molecule has 0 saturated heterocycles. The van der Waals surface area contributed by atoms with Crippen LogP contribution >= 0.6 is 0 Å². The molecule has 0 bridgehead atoms. The molecule has 3 rings (SSSR count). The molecule has 6 heteroatoms. The van der Waals surface area contributed by atoms with Gasteiger partial charge in [-0.3, -0.25) is 0 Å². The minimum absolute atomic E-state index is 0.00108. The Morgan fingerprint density at radius 2 is 2.04 bits per heavy atom. The lowest BCUT2D eigenvalue weighted by Crippen LogP contribution is -2.12. The van der Waals surface area contributed by atoms with Gasteiger partial charge in [0.15, 0.2) is 0 Å². The van der Waals surface area contributed by atoms with E-state index < -0.39 is 5.63 Å². The van der Waals surface area contributed by atoms with Crippen molar-refractivity contribution >= 4 is 11.0 Å². The second-order valence-corrected chi connectivity index (χ2v) is 6.62. The molecule has 2 aromatic heterocycles. The van der Waals surface area contributed by atoms with Crippen LogP contribution in [0.15, 0.2) is 39.7 Å². The van der Waals surface area contributed by atoms with Crippen LogP contribution in [0, 0.1) is 0 Å². The summed E-state index contributed by atoms with van der Waals surface area (Å²) < 4.78 is 6.89. The van der Waals surface area contributed by atoms with Gasteiger partial charge in [-0.1, -0.05) is 32.1 Å². The maximum Gasteiger partial charge on any atom is 0.336 e. The van der Waals surface area contributed by atoms with Crippen molar-refractivity contribution in [3.05, 3.63) is 57.7 Å². The number of benzene rings is 1. The van der Waals surface area contributed by atoms with Gasteiger partial charge in [0.05, 0.1) is 19.3 Å². The summed E-state index contributed by atoms with van der Waals surface area (Å²) in [4.78, 5) is 11.8. The Balaban J connectivity index is 2.11. The molecule has 1 aromatic carbocycles. The molecule has 0 atom stereocenters. The highest BCUT2D eigenvalue weighted by Crippen LogP contribution is 2.27. The maximum absolute atomic E-state index is 11.8. The number of nitrogens with zero attached hydrogens (tertiary/aromatic N) is 3. The molecule has 23 heavy (non-hydrogen) atoms. The average molecular weight is 313 g/mol. The highest BCUT2D eigenvalue weighted by Gasteiger charge is 2.16. The summed E-state index contributed by atoms with van der Waals surface area (Å²) in [7, 11) is 0. The lowest BCUT2D eigenvalue weighted by atomic mass is 9.86. The van der Waals surface area contributed by atoms with E-state index in [1.165, 1.54) is 6.07 Å². The van der Waals surface area contributed by atoms with Crippen molar-refractivity contribution in [2.24, 2.45) is 0 Å². The third-order valence-electron chi connectivity index (χ3n) is 3.77. The molecule has 0 aliphatic rings. The summed E-state index contributed by atoms with van der Waals surface area (Å²) >= 11 is 0. The second-order valence-electron chi connectivity index (χ2n) is 6.62. The predicted octanol–water partition coefficient (Wildman–Crippen LogP) is 2.22. The summed E-state index contributed by atoms with van der Waals surface area (Å²) in [6.45, 7) is 6.64. The topological polar surface area (TPSA) is 81.2 Å². The molecule has 0 radical (unpaired) electrons. The number of rotatable bonds is 3. The second kappa shape index (κ2) is 5.62. The smallest absolute Gasteiger partial charge is 0.336 e. The number of aromatic nitrogens is 3. The van der Waals surface area contributed by atoms with E-state index in [9.17, 15) is 4.79 Å². The fraction of sp³-hybridized carbons (Fsp3) is 0.353. The maximum atomic E-state index is 11.8. The van der Waals surface area contributed by atoms with Gasteiger partial charge in [0.25, 0.3) is 0 Å². The van der Waals surface area contributed by atoms with E-state index in [0.717, 1.165) is 16.5 Å². The van der Waals surface area contributed by atoms with Crippen molar-refractivity contribution in [1.29, 1.82) is 0 Å². The summed E-state index contributed by atoms with van der Waals surface area (Å²) in [6, 6.07) is 7.35. The van der Waals surface area contributed by atoms with Crippen molar-refractivity contribution in [2.45, 2.75) is 39.3 Å². The van der Waals surface area contributed by atoms with Crippen LogP contribution < -0.4 is 5.63 Å². The third kappa shape index (κ3) is 3.17. The summed E-state index contributed by atoms with van der Waals surface area (Å²) in [6.07, 6.45) is 1.66. The largest absolute Gasteiger partial charge is 0.423 e. The van der Waals surface area contributed by atoms with Crippen LogP contribution in [0.25, 0.3) is 11.0 Å². The van der Waals surface area contributed by atoms with Crippen LogP contribution in [0.5, 0.6) is 0 Å². The first-order valence-corrected chi connectivity index (χ1v) is 7.44. The number of fused-ring (bicyclic) bond motifs is 1. The van der Waals surface area contributed by atoms with E-state index >= 15 is 0 Å². The van der Waals surface area contributed by atoms with E-state index in [2.05, 4.69) is 37.1 Å². The van der Waals surface area contributed by atoms with Gasteiger partial charge < -0.3 is 9.52 Å². The Morgan fingerprint density at radius 3 is 2.70 bits per heavy atom. The molecule has 0 fully saturated rings. The van der Waals surface area contributed by atoms with Crippen molar-refractivity contribution in [2.75, 3.05) is 0 Å². The Hall–Kier alpha value is -2.47. The van der Waals surface area contributed by atoms with Crippen molar-refractivity contribution in [3.8, 4) is 0 Å². The Kier molecular flexibility index (Phi) is 3.77. The lowest BCUT2D eigenvalue weighted by molar-refractivity contribution is 0.276. The summed E-state index contributed by atoms with van der Waals surface area (Å²) in [5.74, 6) is 0. The fourth-order valence-electron chi connectivity index (χ4n) is 2.49. The first-order chi connectivity index (χ1) is 10.9. The first kappa shape index (κ1) is 15.4. The van der Waals surface area contributed by atoms with Gasteiger partial charge in [-0.15, -0.1) is 5.10 Å². The van der Waals surface area contributed by atoms with E-state index in [4.69, 9.17) is 9.52 Å². The van der Waals surface area contributed by atoms with Crippen LogP contribution in [0.2, 0.25) is 0 Å². The quantitative estimate of drug-likeness (QED) is 0.750. The molecule has 3 aromatic rings. The molecule has 6 nitrogen and oxygen atoms in total. The Bertz CT molecular complexity index is 903. The molecule has 2 heterocycles. The standard InChI is InChI=1S/C17H19N3O3/c1-17(2,3)12-4-5-15-14(7-12)11(6-16(22)23-15)8-20-9-13(10-21)18-19-20/h4-7,9,21H,8,10H2,1-3H3. The molecule has 0 aliphatic heterocycles. The van der Waals surface area contributed by atoms with Crippen LogP contribution in [0.4, 0.5) is 0 Å². The van der Waals surface area contributed by atoms with Crippen molar-refractivity contribution < 1.29 is 9.52 Å². The Morgan fingerprint density at radius 1 is 1.26 bits per heavy atom. The molecule has 0 spiro atoms. The molecule has 0 saturated carbocycles. The highest BCUT2D eigenvalue weighted by molar-refractivity contribution is 5.81. The van der Waals surface area contributed by atoms with Gasteiger partial charge in [-0.2, -0.15) is 0 Å². The molecular weight excluding hydrogens is 294 g/mol. The number of aliphatic hydroxyl groups excluding tert-OH is 1. The van der Waals surface area contributed by atoms with Gasteiger partial charge in [-0.25, -0.2) is 9.48 Å². The number of aliphatic hydroxyl groups is 1. The zero-order chi connectivity index (χ0) is 16.6. The van der Waals surface area contributed by atoms with Crippen LogP contribution in [-0.2, 0) is 18.6 Å². The van der Waals surface area contributed by atoms with Crippen LogP contribution in [0.3, 0.4) is 0 Å². The zero-order valence-corrected chi connectivity index (χ0v) is 13.4. The lowest BCUT2D eigenvalue weighted by Gasteiger charge is -2.19. The average Bonchev–Trinajstić information content (AvgIpc) is 2.93. The van der Waals surface area contributed by atoms with Crippen LogP contribution in [0.1, 0.15) is 37.6 Å². The normalized spacial score (nSPS) is 12.0. The number of hydrogen-bond acceptors (Lipinski definition) is 5. The van der Waals surface area contributed by atoms with E-state index in [1.54, 1.807) is 10.9 Å². The molecule has 0 amide bonds. The van der Waals surface area contributed by atoms with Crippen LogP contribution in [-0.4, -0.2) is 20.1 Å². The van der Waals surface area contributed by atoms with Gasteiger partial charge >= 0.3 is 5.63 Å². The monoisotopic (exact) mass is 313 g/mol. The van der Waals surface area contributed by atoms with Gasteiger partial charge in [0.2, 0.25) is 0 Å². The van der Waals surface area contributed by atoms with Gasteiger partial charge in [0, 0.05) is 11.5 Å².